The van der Waals surface area contributed by atoms with Crippen molar-refractivity contribution in [2.75, 3.05) is 0 Å². The van der Waals surface area contributed by atoms with Gasteiger partial charge in [0.2, 0.25) is 0 Å². The summed E-state index contributed by atoms with van der Waals surface area (Å²) >= 11 is 5.88. The number of benzene rings is 6. The number of para-hydroxylation sites is 3. The largest absolute Gasteiger partial charge is 4.00 e. The Kier molecular flexibility index (Phi) is 33.4. The summed E-state index contributed by atoms with van der Waals surface area (Å²) in [5.74, 6) is 8.97. The molecule has 7 aliphatic rings. The molecule has 3 aromatic heterocycles. The first kappa shape index (κ1) is 90.0. The molecule has 9 heteroatoms. The molecule has 3 nitrogen and oxygen atoms in total. The van der Waals surface area contributed by atoms with Crippen LogP contribution in [0.1, 0.15) is 179 Å². The second kappa shape index (κ2) is 36.4. The van der Waals surface area contributed by atoms with Crippen molar-refractivity contribution in [1.29, 1.82) is 0 Å². The van der Waals surface area contributed by atoms with Gasteiger partial charge in [0, 0.05) is 28.7 Å². The summed E-state index contributed by atoms with van der Waals surface area (Å²) < 4.78 is 4.29. The molecule has 3 fully saturated rings. The summed E-state index contributed by atoms with van der Waals surface area (Å²) in [6, 6.07) is 52.4. The third-order valence-corrected chi connectivity index (χ3v) is 25.4. The Morgan fingerprint density at radius 2 is 0.745 bits per heavy atom. The van der Waals surface area contributed by atoms with E-state index in [0.717, 1.165) is 12.8 Å². The van der Waals surface area contributed by atoms with Gasteiger partial charge in [-0.2, -0.15) is 0 Å². The van der Waals surface area contributed by atoms with Crippen molar-refractivity contribution in [2.24, 2.45) is 53.3 Å². The van der Waals surface area contributed by atoms with Crippen molar-refractivity contribution in [1.82, 2.24) is 0 Å². The maximum absolute atomic E-state index is 5.17. The summed E-state index contributed by atoms with van der Waals surface area (Å²) in [7, 11) is 0. The monoisotopic (exact) mass is 1460 g/mol. The molecule has 0 N–H and O–H groups in total. The standard InChI is InChI=1S/C27H28NS.C27H30NS.C26H28NS.9CH3.3Ti/c1-4-18-14-17-8-7-10-21(27(17)28-18)24-15(2)16(3)25-20(24)12-13-23-26(25)19-9-5-6-11-22(19)29-23;1-16-17(2)25-20(14-15-23-26(25)19-11-7-9-13-22(19)29-23)24(16)18-10-6-8-12-21(18)28-27(3,4)5;1-15(2)27-21-11-7-5-9-18(21)24-16(3)17(4)25-20(24)13-14-23-26(25)19-10-6-8-12-22(19)28-23;;;;;;;;;;;;/h5-13,15-16,18,20,24-25H,4,14H2,1-3H3;6-17,20,24-25H,1-5H3;5-17,20,24-25H,1-4H3;9*1H3;;;/q12*-1;3*+4. The van der Waals surface area contributed by atoms with Crippen molar-refractivity contribution >= 4 is 99.6 Å². The smallest absolute Gasteiger partial charge is 0.682 e. The molecule has 0 spiro atoms. The first-order valence-electron chi connectivity index (χ1n) is 32.6. The van der Waals surface area contributed by atoms with Crippen molar-refractivity contribution in [3.63, 3.8) is 0 Å². The zero-order valence-electron chi connectivity index (χ0n) is 63.0. The Morgan fingerprint density at radius 3 is 1.12 bits per heavy atom. The number of allylic oxidation sites excluding steroid dienone is 3. The van der Waals surface area contributed by atoms with E-state index in [0.29, 0.717) is 101 Å². The fourth-order valence-corrected chi connectivity index (χ4v) is 21.4. The van der Waals surface area contributed by atoms with Gasteiger partial charge in [-0.1, -0.05) is 251 Å². The van der Waals surface area contributed by atoms with E-state index >= 15 is 0 Å². The Bertz CT molecular complexity index is 4100. The molecule has 16 unspecified atom stereocenters. The van der Waals surface area contributed by atoms with E-state index in [4.69, 9.17) is 16.0 Å². The minimum atomic E-state index is -0.0674. The predicted molar refractivity (Wildman–Crippen MR) is 433 cm³/mol. The molecule has 98 heavy (non-hydrogen) atoms. The van der Waals surface area contributed by atoms with Gasteiger partial charge in [0.1, 0.15) is 0 Å². The van der Waals surface area contributed by atoms with Gasteiger partial charge in [-0.15, -0.1) is 68.7 Å². The Balaban J connectivity index is 0.000000471. The first-order valence-corrected chi connectivity index (χ1v) is 35.1. The van der Waals surface area contributed by atoms with E-state index in [9.17, 15) is 0 Å². The van der Waals surface area contributed by atoms with Gasteiger partial charge in [0.25, 0.3) is 0 Å². The average molecular weight is 1460 g/mol. The number of rotatable bonds is 7. The molecular weight excluding hydrogens is 1350 g/mol. The minimum absolute atomic E-state index is 0. The maximum Gasteiger partial charge on any atom is 4.00 e. The molecule has 0 bridgehead atoms. The predicted octanol–water partition coefficient (Wildman–Crippen LogP) is 28.7. The summed E-state index contributed by atoms with van der Waals surface area (Å²) in [6.07, 6.45) is 17.1. The van der Waals surface area contributed by atoms with Crippen LogP contribution in [-0.4, -0.2) is 17.6 Å². The fraction of sp³-hybridized carbons (Fsp3) is 0.360. The Morgan fingerprint density at radius 1 is 0.418 bits per heavy atom. The number of hydrogen-bond acceptors (Lipinski definition) is 3. The van der Waals surface area contributed by atoms with Crippen LogP contribution in [0.15, 0.2) is 158 Å². The first-order chi connectivity index (χ1) is 41.6. The van der Waals surface area contributed by atoms with Crippen LogP contribution in [0, 0.1) is 120 Å². The summed E-state index contributed by atoms with van der Waals surface area (Å²) in [5.41, 5.74) is 14.3. The van der Waals surface area contributed by atoms with Gasteiger partial charge in [-0.05, 0) is 164 Å². The van der Waals surface area contributed by atoms with E-state index in [1.54, 1.807) is 16.7 Å². The quantitative estimate of drug-likeness (QED) is 0.113. The average Bonchev–Trinajstić information content (AvgIpc) is 1.58. The van der Waals surface area contributed by atoms with E-state index in [2.05, 4.69) is 259 Å². The number of fused-ring (bicyclic) bond motifs is 16. The SMILES string of the molecule is CC(C)[N-]c1ccccc1C1C(C)C(C)C2c3c(sc4ccccc34)C=CC12.CC1C(C)C2c3c(sc4ccccc34)C=CC2C1c1ccccc1[N-]C(C)(C)C.CCC1Cc2cccc(C3C(C)C(C)C4c5c(sc6ccccc56)C=CC34)c2[N-]1.[CH3-].[CH3-].[CH3-].[CH3-].[CH3-].[CH3-].[CH3-].[CH3-].[CH3-].[Ti+4].[Ti+4].[Ti+4]. The van der Waals surface area contributed by atoms with Crippen LogP contribution in [0.25, 0.3) is 64.4 Å². The van der Waals surface area contributed by atoms with Crippen molar-refractivity contribution in [3.05, 3.63) is 294 Å². The second-order valence-corrected chi connectivity index (χ2v) is 31.4. The van der Waals surface area contributed by atoms with Gasteiger partial charge in [0.15, 0.2) is 0 Å². The van der Waals surface area contributed by atoms with Gasteiger partial charge in [-0.25, -0.2) is 0 Å². The molecule has 0 amide bonds. The van der Waals surface area contributed by atoms with Crippen molar-refractivity contribution < 1.29 is 65.2 Å². The topological polar surface area (TPSA) is 42.3 Å². The van der Waals surface area contributed by atoms with E-state index in [-0.39, 0.29) is 138 Å². The van der Waals surface area contributed by atoms with Crippen LogP contribution in [-0.2, 0) is 71.6 Å². The third-order valence-electron chi connectivity index (χ3n) is 22.0. The molecule has 0 radical (unpaired) electrons. The molecule has 4 heterocycles. The zero-order valence-corrected chi connectivity index (χ0v) is 70.2. The van der Waals surface area contributed by atoms with Crippen LogP contribution in [0.5, 0.6) is 0 Å². The van der Waals surface area contributed by atoms with Crippen molar-refractivity contribution in [2.45, 2.75) is 149 Å². The van der Waals surface area contributed by atoms with E-state index in [1.165, 1.54) is 84.2 Å². The minimum Gasteiger partial charge on any atom is -0.682 e. The van der Waals surface area contributed by atoms with Crippen molar-refractivity contribution in [3.8, 4) is 0 Å². The molecular formula is C89H113N3S3Ti3. The van der Waals surface area contributed by atoms with Crippen LogP contribution in [0.3, 0.4) is 0 Å². The molecule has 6 aromatic carbocycles. The summed E-state index contributed by atoms with van der Waals surface area (Å²) in [5, 5.41) is 19.7. The van der Waals surface area contributed by atoms with Crippen LogP contribution >= 0.6 is 34.0 Å². The number of nitrogens with zero attached hydrogens (tertiary/aromatic N) is 3. The molecule has 3 saturated carbocycles. The van der Waals surface area contributed by atoms with Gasteiger partial charge >= 0.3 is 65.2 Å². The normalized spacial score (nSPS) is 26.1. The molecule has 16 atom stereocenters. The molecule has 1 aliphatic heterocycles. The van der Waals surface area contributed by atoms with Crippen LogP contribution < -0.4 is 0 Å². The van der Waals surface area contributed by atoms with Gasteiger partial charge < -0.3 is 82.8 Å². The summed E-state index contributed by atoms with van der Waals surface area (Å²) in [4.78, 5) is 4.43. The molecule has 514 valence electrons. The molecule has 6 aliphatic carbocycles. The van der Waals surface area contributed by atoms with E-state index < -0.39 is 0 Å². The van der Waals surface area contributed by atoms with Crippen LogP contribution in [0.4, 0.5) is 17.1 Å². The van der Waals surface area contributed by atoms with Crippen LogP contribution in [0.2, 0.25) is 0 Å². The molecule has 9 aromatic rings. The molecule has 0 saturated heterocycles. The number of thiophene rings is 3. The Labute approximate surface area is 654 Å². The van der Waals surface area contributed by atoms with Gasteiger partial charge in [0.05, 0.1) is 0 Å². The Hall–Kier alpha value is -4.04. The van der Waals surface area contributed by atoms with Gasteiger partial charge in [-0.3, -0.25) is 0 Å². The zero-order chi connectivity index (χ0) is 59.4. The summed E-state index contributed by atoms with van der Waals surface area (Å²) in [6.45, 7) is 28.0. The molecule has 16 rings (SSSR count). The number of hydrogen-bond donors (Lipinski definition) is 0. The van der Waals surface area contributed by atoms with E-state index in [1.807, 2.05) is 34.0 Å². The maximum atomic E-state index is 5.17. The second-order valence-electron chi connectivity index (χ2n) is 28.1. The third kappa shape index (κ3) is 15.9. The fourth-order valence-electron chi connectivity index (χ4n) is 17.9.